The molecule has 1 aromatic heterocycles. The van der Waals surface area contributed by atoms with E-state index in [0.717, 1.165) is 5.56 Å². The number of aromatic nitrogens is 1. The van der Waals surface area contributed by atoms with Crippen molar-refractivity contribution in [2.75, 3.05) is 11.9 Å². The number of anilines is 1. The van der Waals surface area contributed by atoms with E-state index in [0.29, 0.717) is 30.8 Å². The van der Waals surface area contributed by atoms with Crippen LogP contribution >= 0.6 is 12.4 Å². The van der Waals surface area contributed by atoms with Crippen LogP contribution in [0, 0.1) is 12.7 Å². The number of aryl methyl sites for hydroxylation is 1. The molecule has 0 radical (unpaired) electrons. The Morgan fingerprint density at radius 1 is 1.35 bits per heavy atom. The van der Waals surface area contributed by atoms with Crippen LogP contribution in [0.25, 0.3) is 0 Å². The van der Waals surface area contributed by atoms with E-state index >= 15 is 0 Å². The lowest BCUT2D eigenvalue weighted by molar-refractivity contribution is 0.102. The molecule has 0 atom stereocenters. The zero-order valence-corrected chi connectivity index (χ0v) is 13.3. The van der Waals surface area contributed by atoms with Crippen LogP contribution in [0.15, 0.2) is 29.2 Å². The summed E-state index contributed by atoms with van der Waals surface area (Å²) in [7, 11) is 0. The summed E-state index contributed by atoms with van der Waals surface area (Å²) in [4.78, 5) is 26.8. The highest BCUT2D eigenvalue weighted by atomic mass is 35.5. The molecule has 122 valence electrons. The Morgan fingerprint density at radius 2 is 2.13 bits per heavy atom. The van der Waals surface area contributed by atoms with Crippen LogP contribution in [0.5, 0.6) is 0 Å². The first-order valence-electron chi connectivity index (χ1n) is 7.08. The first-order chi connectivity index (χ1) is 10.6. The maximum Gasteiger partial charge on any atom is 0.261 e. The van der Waals surface area contributed by atoms with Crippen molar-refractivity contribution in [1.82, 2.24) is 10.3 Å². The molecular weight excluding hydrogens is 321 g/mol. The fourth-order valence-corrected chi connectivity index (χ4v) is 2.57. The fourth-order valence-electron chi connectivity index (χ4n) is 2.57. The SMILES string of the molecule is Cc1cc(=O)c(C(=O)Nc2ccc3c(c2F)CCNC3)c[nH]1.Cl. The van der Waals surface area contributed by atoms with Crippen LogP contribution in [-0.2, 0) is 13.0 Å². The lowest BCUT2D eigenvalue weighted by Crippen LogP contribution is -2.26. The minimum absolute atomic E-state index is 0. The molecule has 23 heavy (non-hydrogen) atoms. The van der Waals surface area contributed by atoms with E-state index in [1.54, 1.807) is 13.0 Å². The van der Waals surface area contributed by atoms with Gasteiger partial charge in [-0.3, -0.25) is 9.59 Å². The molecule has 2 heterocycles. The molecule has 0 spiro atoms. The minimum atomic E-state index is -0.617. The van der Waals surface area contributed by atoms with Crippen molar-refractivity contribution in [3.05, 3.63) is 62.8 Å². The van der Waals surface area contributed by atoms with E-state index < -0.39 is 17.2 Å². The normalized spacial score (nSPS) is 13.0. The van der Waals surface area contributed by atoms with Gasteiger partial charge in [0.25, 0.3) is 5.91 Å². The number of benzene rings is 1. The Kier molecular flexibility index (Phi) is 5.18. The molecular formula is C16H17ClFN3O2. The molecule has 3 N–H and O–H groups in total. The first kappa shape index (κ1) is 17.2. The summed E-state index contributed by atoms with van der Waals surface area (Å²) in [6.07, 6.45) is 1.92. The van der Waals surface area contributed by atoms with Gasteiger partial charge in [0.2, 0.25) is 0 Å². The third-order valence-corrected chi connectivity index (χ3v) is 3.76. The molecule has 1 aromatic carbocycles. The van der Waals surface area contributed by atoms with Gasteiger partial charge in [-0.2, -0.15) is 0 Å². The summed E-state index contributed by atoms with van der Waals surface area (Å²) >= 11 is 0. The Bertz CT molecular complexity index is 804. The van der Waals surface area contributed by atoms with Crippen LogP contribution in [0.4, 0.5) is 10.1 Å². The van der Waals surface area contributed by atoms with Crippen LogP contribution in [0.2, 0.25) is 0 Å². The van der Waals surface area contributed by atoms with Gasteiger partial charge in [0.1, 0.15) is 11.4 Å². The molecule has 5 nitrogen and oxygen atoms in total. The summed E-state index contributed by atoms with van der Waals surface area (Å²) < 4.78 is 14.5. The highest BCUT2D eigenvalue weighted by Crippen LogP contribution is 2.24. The summed E-state index contributed by atoms with van der Waals surface area (Å²) in [5, 5.41) is 5.65. The van der Waals surface area contributed by atoms with Gasteiger partial charge in [0.15, 0.2) is 5.43 Å². The molecule has 0 aliphatic carbocycles. The van der Waals surface area contributed by atoms with Crippen molar-refractivity contribution in [1.29, 1.82) is 0 Å². The smallest absolute Gasteiger partial charge is 0.261 e. The molecule has 0 unspecified atom stereocenters. The second-order valence-electron chi connectivity index (χ2n) is 5.34. The number of pyridine rings is 1. The van der Waals surface area contributed by atoms with E-state index in [1.807, 2.05) is 0 Å². The van der Waals surface area contributed by atoms with E-state index in [2.05, 4.69) is 15.6 Å². The predicted octanol–water partition coefficient (Wildman–Crippen LogP) is 2.14. The quantitative estimate of drug-likeness (QED) is 0.786. The molecule has 1 aliphatic heterocycles. The van der Waals surface area contributed by atoms with E-state index in [1.165, 1.54) is 18.3 Å². The first-order valence-corrected chi connectivity index (χ1v) is 7.08. The van der Waals surface area contributed by atoms with E-state index in [-0.39, 0.29) is 23.7 Å². The molecule has 7 heteroatoms. The van der Waals surface area contributed by atoms with Crippen molar-refractivity contribution in [2.24, 2.45) is 0 Å². The van der Waals surface area contributed by atoms with Gasteiger partial charge >= 0.3 is 0 Å². The maximum atomic E-state index is 14.5. The zero-order valence-electron chi connectivity index (χ0n) is 12.5. The highest BCUT2D eigenvalue weighted by Gasteiger charge is 2.18. The molecule has 2 aromatic rings. The van der Waals surface area contributed by atoms with E-state index in [4.69, 9.17) is 0 Å². The van der Waals surface area contributed by atoms with Crippen LogP contribution in [0.1, 0.15) is 27.2 Å². The Hall–Kier alpha value is -2.18. The highest BCUT2D eigenvalue weighted by molar-refractivity contribution is 6.04. The van der Waals surface area contributed by atoms with Gasteiger partial charge in [0, 0.05) is 24.5 Å². The summed E-state index contributed by atoms with van der Waals surface area (Å²) in [5.41, 5.74) is 1.85. The number of halogens is 2. The largest absolute Gasteiger partial charge is 0.364 e. The lowest BCUT2D eigenvalue weighted by Gasteiger charge is -2.19. The van der Waals surface area contributed by atoms with Crippen LogP contribution in [0.3, 0.4) is 0 Å². The van der Waals surface area contributed by atoms with Crippen molar-refractivity contribution in [2.45, 2.75) is 19.9 Å². The number of aromatic amines is 1. The van der Waals surface area contributed by atoms with E-state index in [9.17, 15) is 14.0 Å². The predicted molar refractivity (Wildman–Crippen MR) is 88.8 cm³/mol. The van der Waals surface area contributed by atoms with Crippen LogP contribution < -0.4 is 16.1 Å². The fraction of sp³-hybridized carbons (Fsp3) is 0.250. The van der Waals surface area contributed by atoms with Gasteiger partial charge in [0.05, 0.1) is 5.69 Å². The third-order valence-electron chi connectivity index (χ3n) is 3.76. The van der Waals surface area contributed by atoms with Crippen molar-refractivity contribution in [3.8, 4) is 0 Å². The summed E-state index contributed by atoms with van der Waals surface area (Å²) in [5.74, 6) is -1.04. The van der Waals surface area contributed by atoms with Gasteiger partial charge in [-0.25, -0.2) is 4.39 Å². The van der Waals surface area contributed by atoms with Gasteiger partial charge in [-0.05, 0) is 37.1 Å². The number of hydrogen-bond donors (Lipinski definition) is 3. The molecule has 0 saturated heterocycles. The number of fused-ring (bicyclic) bond motifs is 1. The standard InChI is InChI=1S/C16H16FN3O2.ClH/c1-9-6-14(21)12(8-19-9)16(22)20-13-3-2-10-7-18-5-4-11(10)15(13)17;/h2-3,6,8,18H,4-5,7H2,1H3,(H,19,21)(H,20,22);1H. The average Bonchev–Trinajstić information content (AvgIpc) is 2.50. The number of carbonyl (C=O) groups is 1. The number of nitrogens with one attached hydrogen (secondary N) is 3. The Morgan fingerprint density at radius 3 is 2.87 bits per heavy atom. The second-order valence-corrected chi connectivity index (χ2v) is 5.34. The number of amides is 1. The number of rotatable bonds is 2. The minimum Gasteiger partial charge on any atom is -0.364 e. The molecule has 1 amide bonds. The molecule has 0 saturated carbocycles. The molecule has 3 rings (SSSR count). The van der Waals surface area contributed by atoms with Crippen molar-refractivity contribution in [3.63, 3.8) is 0 Å². The van der Waals surface area contributed by atoms with Gasteiger partial charge < -0.3 is 15.6 Å². The maximum absolute atomic E-state index is 14.5. The van der Waals surface area contributed by atoms with Gasteiger partial charge in [-0.1, -0.05) is 6.07 Å². The number of carbonyl (C=O) groups excluding carboxylic acids is 1. The molecule has 0 bridgehead atoms. The zero-order chi connectivity index (χ0) is 15.7. The van der Waals surface area contributed by atoms with Crippen molar-refractivity contribution < 1.29 is 9.18 Å². The van der Waals surface area contributed by atoms with Crippen molar-refractivity contribution >= 4 is 24.0 Å². The van der Waals surface area contributed by atoms with Gasteiger partial charge in [-0.15, -0.1) is 12.4 Å². The van der Waals surface area contributed by atoms with Crippen LogP contribution in [-0.4, -0.2) is 17.4 Å². The monoisotopic (exact) mass is 337 g/mol. The molecule has 0 fully saturated rings. The lowest BCUT2D eigenvalue weighted by atomic mass is 9.99. The third kappa shape index (κ3) is 3.43. The Balaban J connectivity index is 0.00000192. The topological polar surface area (TPSA) is 74.0 Å². The molecule has 1 aliphatic rings. The number of H-pyrrole nitrogens is 1. The summed E-state index contributed by atoms with van der Waals surface area (Å²) in [6, 6.07) is 4.66. The summed E-state index contributed by atoms with van der Waals surface area (Å²) in [6.45, 7) is 3.05. The Labute approximate surface area is 138 Å². The average molecular weight is 338 g/mol. The number of hydrogen-bond acceptors (Lipinski definition) is 3. The second kappa shape index (κ2) is 6.93.